The Kier molecular flexibility index (Phi) is 5.95. The van der Waals surface area contributed by atoms with Crippen LogP contribution in [-0.4, -0.2) is 39.4 Å². The fraction of sp³-hybridized carbons (Fsp3) is 0.462. The molecule has 5 rings (SSSR count). The maximum atomic E-state index is 13.8. The van der Waals surface area contributed by atoms with Crippen molar-refractivity contribution in [1.82, 2.24) is 14.8 Å². The maximum absolute atomic E-state index is 13.8. The number of nitrogens with one attached hydrogen (secondary N) is 1. The van der Waals surface area contributed by atoms with Crippen molar-refractivity contribution >= 4 is 34.5 Å². The van der Waals surface area contributed by atoms with Gasteiger partial charge in [0.25, 0.3) is 5.91 Å². The van der Waals surface area contributed by atoms with E-state index < -0.39 is 5.54 Å². The molecule has 1 N–H and O–H groups in total. The van der Waals surface area contributed by atoms with E-state index in [0.717, 1.165) is 36.8 Å². The second kappa shape index (κ2) is 8.90. The first-order valence-electron chi connectivity index (χ1n) is 11.9. The molecule has 0 bridgehead atoms. The normalized spacial score (nSPS) is 21.8. The lowest BCUT2D eigenvalue weighted by molar-refractivity contribution is -0.133. The SMILES string of the molecule is CC1(C(=O)NC2CCCCCC2)Cn2c(cc3occc32)C(=O)N1CCc1ccc(Cl)cc1. The van der Waals surface area contributed by atoms with Crippen molar-refractivity contribution < 1.29 is 14.0 Å². The number of halogens is 1. The molecule has 174 valence electrons. The predicted molar refractivity (Wildman–Crippen MR) is 128 cm³/mol. The standard InChI is InChI=1S/C26H30ClN3O3/c1-26(25(32)28-20-6-4-2-3-5-7-20)17-29-21-13-15-33-23(21)16-22(29)24(31)30(26)14-12-18-8-10-19(27)11-9-18/h8-11,13,15-16,20H,2-7,12,14,17H2,1H3,(H,28,32). The van der Waals surface area contributed by atoms with Crippen molar-refractivity contribution in [1.29, 1.82) is 0 Å². The van der Waals surface area contributed by atoms with Crippen LogP contribution in [-0.2, 0) is 17.8 Å². The first-order valence-corrected chi connectivity index (χ1v) is 12.3. The number of hydrogen-bond donors (Lipinski definition) is 1. The minimum atomic E-state index is -0.994. The van der Waals surface area contributed by atoms with E-state index >= 15 is 0 Å². The zero-order valence-corrected chi connectivity index (χ0v) is 19.7. The van der Waals surface area contributed by atoms with Crippen LogP contribution in [0.3, 0.4) is 0 Å². The van der Waals surface area contributed by atoms with Gasteiger partial charge < -0.3 is 19.2 Å². The highest BCUT2D eigenvalue weighted by molar-refractivity contribution is 6.30. The molecule has 1 unspecified atom stereocenters. The van der Waals surface area contributed by atoms with Crippen molar-refractivity contribution in [3.8, 4) is 0 Å². The molecule has 2 aliphatic rings. The number of nitrogens with zero attached hydrogens (tertiary/aromatic N) is 2. The molecule has 1 atom stereocenters. The summed E-state index contributed by atoms with van der Waals surface area (Å²) in [6, 6.07) is 11.5. The number of benzene rings is 1. The molecule has 1 saturated carbocycles. The van der Waals surface area contributed by atoms with E-state index in [-0.39, 0.29) is 17.9 Å². The number of rotatable bonds is 5. The van der Waals surface area contributed by atoms with Crippen LogP contribution in [0, 0.1) is 0 Å². The van der Waals surface area contributed by atoms with Crippen LogP contribution in [0.1, 0.15) is 61.5 Å². The second-order valence-electron chi connectivity index (χ2n) is 9.55. The van der Waals surface area contributed by atoms with Gasteiger partial charge in [-0.2, -0.15) is 0 Å². The highest BCUT2D eigenvalue weighted by Gasteiger charge is 2.48. The number of amides is 2. The Bertz CT molecular complexity index is 1160. The number of carbonyl (C=O) groups is 2. The average Bonchev–Trinajstić information content (AvgIpc) is 3.29. The summed E-state index contributed by atoms with van der Waals surface area (Å²) in [6.45, 7) is 2.74. The second-order valence-corrected chi connectivity index (χ2v) is 9.99. The van der Waals surface area contributed by atoms with Crippen molar-refractivity contribution in [2.45, 2.75) is 70.0 Å². The van der Waals surface area contributed by atoms with E-state index in [1.165, 1.54) is 12.8 Å². The number of fused-ring (bicyclic) bond motifs is 3. The Morgan fingerprint density at radius 1 is 1.15 bits per heavy atom. The first kappa shape index (κ1) is 22.1. The minimum absolute atomic E-state index is 0.0742. The van der Waals surface area contributed by atoms with Gasteiger partial charge >= 0.3 is 0 Å². The largest absolute Gasteiger partial charge is 0.463 e. The molecule has 7 heteroatoms. The monoisotopic (exact) mass is 467 g/mol. The van der Waals surface area contributed by atoms with Gasteiger partial charge in [0.2, 0.25) is 5.91 Å². The highest BCUT2D eigenvalue weighted by atomic mass is 35.5. The Morgan fingerprint density at radius 2 is 1.88 bits per heavy atom. The Labute approximate surface area is 198 Å². The summed E-state index contributed by atoms with van der Waals surface area (Å²) < 4.78 is 7.49. The summed E-state index contributed by atoms with van der Waals surface area (Å²) in [5, 5.41) is 3.98. The van der Waals surface area contributed by atoms with E-state index in [2.05, 4.69) is 5.32 Å². The van der Waals surface area contributed by atoms with E-state index in [4.69, 9.17) is 16.0 Å². The van der Waals surface area contributed by atoms with Crippen LogP contribution in [0.25, 0.3) is 11.1 Å². The van der Waals surface area contributed by atoms with Crippen LogP contribution >= 0.6 is 11.6 Å². The summed E-state index contributed by atoms with van der Waals surface area (Å²) in [4.78, 5) is 29.2. The van der Waals surface area contributed by atoms with Crippen molar-refractivity contribution in [3.05, 3.63) is 58.9 Å². The van der Waals surface area contributed by atoms with Crippen molar-refractivity contribution in [3.63, 3.8) is 0 Å². The Hall–Kier alpha value is -2.73. The summed E-state index contributed by atoms with van der Waals surface area (Å²) in [7, 11) is 0. The molecular weight excluding hydrogens is 438 g/mol. The number of furan rings is 1. The molecule has 2 aromatic heterocycles. The molecule has 3 heterocycles. The van der Waals surface area contributed by atoms with Gasteiger partial charge in [0.1, 0.15) is 11.2 Å². The molecule has 6 nitrogen and oxygen atoms in total. The molecule has 33 heavy (non-hydrogen) atoms. The third-order valence-electron chi connectivity index (χ3n) is 7.27. The van der Waals surface area contributed by atoms with Gasteiger partial charge in [-0.15, -0.1) is 0 Å². The molecule has 1 aromatic carbocycles. The van der Waals surface area contributed by atoms with Crippen LogP contribution < -0.4 is 5.32 Å². The zero-order valence-electron chi connectivity index (χ0n) is 19.0. The van der Waals surface area contributed by atoms with Crippen molar-refractivity contribution in [2.75, 3.05) is 6.54 Å². The molecule has 0 saturated heterocycles. The first-order chi connectivity index (χ1) is 16.0. The smallest absolute Gasteiger partial charge is 0.271 e. The topological polar surface area (TPSA) is 67.5 Å². The minimum Gasteiger partial charge on any atom is -0.463 e. The van der Waals surface area contributed by atoms with Gasteiger partial charge in [-0.1, -0.05) is 49.4 Å². The maximum Gasteiger partial charge on any atom is 0.271 e. The van der Waals surface area contributed by atoms with E-state index in [9.17, 15) is 9.59 Å². The molecule has 1 aliphatic carbocycles. The summed E-state index contributed by atoms with van der Waals surface area (Å²) in [5.74, 6) is -0.213. The van der Waals surface area contributed by atoms with Crippen LogP contribution in [0.15, 0.2) is 47.1 Å². The van der Waals surface area contributed by atoms with Gasteiger partial charge in [-0.3, -0.25) is 9.59 Å². The van der Waals surface area contributed by atoms with Gasteiger partial charge in [0, 0.05) is 29.7 Å². The number of hydrogen-bond acceptors (Lipinski definition) is 3. The molecule has 1 aliphatic heterocycles. The third-order valence-corrected chi connectivity index (χ3v) is 7.52. The predicted octanol–water partition coefficient (Wildman–Crippen LogP) is 5.18. The Morgan fingerprint density at radius 3 is 2.61 bits per heavy atom. The third kappa shape index (κ3) is 4.17. The van der Waals surface area contributed by atoms with Gasteiger partial charge in [0.15, 0.2) is 5.58 Å². The van der Waals surface area contributed by atoms with Crippen LogP contribution in [0.2, 0.25) is 5.02 Å². The lowest BCUT2D eigenvalue weighted by Crippen LogP contribution is -2.65. The van der Waals surface area contributed by atoms with E-state index in [1.807, 2.05) is 41.8 Å². The zero-order chi connectivity index (χ0) is 23.0. The van der Waals surface area contributed by atoms with Gasteiger partial charge in [-0.05, 0) is 43.9 Å². The van der Waals surface area contributed by atoms with E-state index in [0.29, 0.717) is 35.8 Å². The fourth-order valence-electron chi connectivity index (χ4n) is 5.28. The molecular formula is C26H30ClN3O3. The average molecular weight is 468 g/mol. The highest BCUT2D eigenvalue weighted by Crippen LogP contribution is 2.33. The summed E-state index contributed by atoms with van der Waals surface area (Å²) in [6.07, 6.45) is 8.99. The van der Waals surface area contributed by atoms with E-state index in [1.54, 1.807) is 17.2 Å². The molecule has 3 aromatic rings. The number of aromatic nitrogens is 1. The quantitative estimate of drug-likeness (QED) is 0.525. The fourth-order valence-corrected chi connectivity index (χ4v) is 5.41. The summed E-state index contributed by atoms with van der Waals surface area (Å²) >= 11 is 6.03. The molecule has 1 fully saturated rings. The lowest BCUT2D eigenvalue weighted by Gasteiger charge is -2.44. The van der Waals surface area contributed by atoms with Crippen LogP contribution in [0.4, 0.5) is 0 Å². The summed E-state index contributed by atoms with van der Waals surface area (Å²) in [5.41, 5.74) is 2.17. The Balaban J connectivity index is 1.45. The molecule has 2 amide bonds. The van der Waals surface area contributed by atoms with Gasteiger partial charge in [0.05, 0.1) is 18.3 Å². The molecule has 0 spiro atoms. The molecule has 0 radical (unpaired) electrons. The van der Waals surface area contributed by atoms with Gasteiger partial charge in [-0.25, -0.2) is 0 Å². The lowest BCUT2D eigenvalue weighted by atomic mass is 9.93. The number of carbonyl (C=O) groups excluding carboxylic acids is 2. The van der Waals surface area contributed by atoms with Crippen LogP contribution in [0.5, 0.6) is 0 Å². The van der Waals surface area contributed by atoms with Crippen molar-refractivity contribution in [2.24, 2.45) is 0 Å².